The number of fused-ring (bicyclic) bond motifs is 4. The summed E-state index contributed by atoms with van der Waals surface area (Å²) < 4.78 is 6.44. The Morgan fingerprint density at radius 3 is 1.97 bits per heavy atom. The number of anilines is 3. The summed E-state index contributed by atoms with van der Waals surface area (Å²) in [5.41, 5.74) is 4.78. The second-order valence-electron chi connectivity index (χ2n) is 10.1. The zero-order valence-corrected chi connectivity index (χ0v) is 20.5. The van der Waals surface area contributed by atoms with Gasteiger partial charge >= 0.3 is 0 Å². The molecule has 0 amide bonds. The van der Waals surface area contributed by atoms with E-state index in [2.05, 4.69) is 43.0 Å². The topological polar surface area (TPSA) is 50.5 Å². The molecule has 0 atom stereocenters. The molecule has 0 N–H and O–H groups in total. The third kappa shape index (κ3) is 3.09. The van der Waals surface area contributed by atoms with E-state index in [0.29, 0.717) is 16.9 Å². The van der Waals surface area contributed by atoms with Gasteiger partial charge in [-0.25, -0.2) is 0 Å². The summed E-state index contributed by atoms with van der Waals surface area (Å²) in [6.07, 6.45) is 1.61. The number of Topliss-reactive ketones (excluding diaryl/α,β-unsaturated/α-hetero) is 2. The lowest BCUT2D eigenvalue weighted by molar-refractivity contribution is 0.0990. The van der Waals surface area contributed by atoms with E-state index in [1.807, 2.05) is 72.8 Å². The molecule has 0 saturated heterocycles. The molecule has 2 aliphatic rings. The largest absolute Gasteiger partial charge is 0.458 e. The Hall–Kier alpha value is -4.70. The molecule has 0 bridgehead atoms. The first kappa shape index (κ1) is 21.6. The van der Waals surface area contributed by atoms with Gasteiger partial charge < -0.3 is 9.32 Å². The van der Waals surface area contributed by atoms with E-state index < -0.39 is 5.41 Å². The van der Waals surface area contributed by atoms with Crippen molar-refractivity contribution in [1.82, 2.24) is 0 Å². The first-order chi connectivity index (χ1) is 17.9. The van der Waals surface area contributed by atoms with Gasteiger partial charge in [-0.1, -0.05) is 60.7 Å². The van der Waals surface area contributed by atoms with Gasteiger partial charge in [-0.05, 0) is 66.6 Å². The molecule has 4 aromatic carbocycles. The average Bonchev–Trinajstić information content (AvgIpc) is 3.44. The molecule has 0 saturated carbocycles. The third-order valence-electron chi connectivity index (χ3n) is 7.52. The predicted molar refractivity (Wildman–Crippen MR) is 146 cm³/mol. The minimum absolute atomic E-state index is 0.137. The van der Waals surface area contributed by atoms with Gasteiger partial charge in [0, 0.05) is 22.9 Å². The Labute approximate surface area is 214 Å². The van der Waals surface area contributed by atoms with Crippen LogP contribution in [0.2, 0.25) is 0 Å². The zero-order valence-electron chi connectivity index (χ0n) is 20.5. The molecule has 5 aromatic rings. The summed E-state index contributed by atoms with van der Waals surface area (Å²) in [5, 5.41) is 1.88. The van der Waals surface area contributed by atoms with E-state index in [9.17, 15) is 9.59 Å². The van der Waals surface area contributed by atoms with E-state index in [-0.39, 0.29) is 17.1 Å². The fraction of sp³-hybridized carbons (Fsp3) is 0.0909. The fourth-order valence-electron chi connectivity index (χ4n) is 5.67. The molecule has 4 heteroatoms. The lowest BCUT2D eigenvalue weighted by Crippen LogP contribution is -2.29. The van der Waals surface area contributed by atoms with E-state index in [0.717, 1.165) is 39.2 Å². The minimum Gasteiger partial charge on any atom is -0.458 e. The molecule has 7 rings (SSSR count). The van der Waals surface area contributed by atoms with Gasteiger partial charge in [0.25, 0.3) is 0 Å². The van der Waals surface area contributed by atoms with Crippen LogP contribution in [0, 0.1) is 0 Å². The highest BCUT2D eigenvalue weighted by molar-refractivity contribution is 6.42. The Kier molecular flexibility index (Phi) is 4.46. The highest BCUT2D eigenvalue weighted by atomic mass is 16.3. The second kappa shape index (κ2) is 7.65. The maximum atomic E-state index is 13.3. The monoisotopic (exact) mass is 481 g/mol. The summed E-state index contributed by atoms with van der Waals surface area (Å²) in [6.45, 7) is 4.28. The van der Waals surface area contributed by atoms with Gasteiger partial charge in [0.1, 0.15) is 11.5 Å². The Balaban J connectivity index is 1.38. The van der Waals surface area contributed by atoms with Crippen LogP contribution in [0.15, 0.2) is 107 Å². The molecular weight excluding hydrogens is 458 g/mol. The van der Waals surface area contributed by atoms with Crippen molar-refractivity contribution in [1.29, 1.82) is 0 Å². The van der Waals surface area contributed by atoms with Crippen molar-refractivity contribution in [2.75, 3.05) is 4.90 Å². The van der Waals surface area contributed by atoms with Crippen LogP contribution in [0.1, 0.15) is 51.6 Å². The average molecular weight is 482 g/mol. The van der Waals surface area contributed by atoms with Gasteiger partial charge in [0.2, 0.25) is 0 Å². The van der Waals surface area contributed by atoms with Crippen LogP contribution >= 0.6 is 0 Å². The number of hydrogen-bond donors (Lipinski definition) is 0. The molecule has 1 aromatic heterocycles. The quantitative estimate of drug-likeness (QED) is 0.189. The molecular formula is C33H23NO3. The van der Waals surface area contributed by atoms with Crippen molar-refractivity contribution >= 4 is 45.5 Å². The molecule has 4 nitrogen and oxygen atoms in total. The number of carbonyl (C=O) groups is 2. The maximum absolute atomic E-state index is 13.3. The van der Waals surface area contributed by atoms with Crippen LogP contribution < -0.4 is 4.90 Å². The van der Waals surface area contributed by atoms with Gasteiger partial charge in [-0.3, -0.25) is 9.59 Å². The number of rotatable bonds is 2. The normalized spacial score (nSPS) is 15.5. The van der Waals surface area contributed by atoms with Crippen molar-refractivity contribution in [3.05, 3.63) is 131 Å². The second-order valence-corrected chi connectivity index (χ2v) is 10.1. The molecule has 2 heterocycles. The van der Waals surface area contributed by atoms with E-state index in [1.54, 1.807) is 6.08 Å². The van der Waals surface area contributed by atoms with Crippen LogP contribution in [0.5, 0.6) is 0 Å². The fourth-order valence-corrected chi connectivity index (χ4v) is 5.67. The number of hydrogen-bond acceptors (Lipinski definition) is 4. The van der Waals surface area contributed by atoms with Crippen molar-refractivity contribution in [3.8, 4) is 0 Å². The lowest BCUT2D eigenvalue weighted by Gasteiger charge is -2.38. The van der Waals surface area contributed by atoms with Crippen LogP contribution in [0.4, 0.5) is 17.1 Å². The molecule has 1 aliphatic carbocycles. The van der Waals surface area contributed by atoms with E-state index >= 15 is 0 Å². The summed E-state index contributed by atoms with van der Waals surface area (Å²) >= 11 is 0. The number of para-hydroxylation sites is 2. The van der Waals surface area contributed by atoms with Gasteiger partial charge in [0.15, 0.2) is 11.6 Å². The number of allylic oxidation sites excluding steroid dienone is 1. The van der Waals surface area contributed by atoms with E-state index in [1.165, 1.54) is 0 Å². The molecule has 0 radical (unpaired) electrons. The van der Waals surface area contributed by atoms with Crippen LogP contribution in [0.3, 0.4) is 0 Å². The van der Waals surface area contributed by atoms with Crippen LogP contribution in [0.25, 0.3) is 16.8 Å². The van der Waals surface area contributed by atoms with Gasteiger partial charge in [-0.15, -0.1) is 0 Å². The van der Waals surface area contributed by atoms with E-state index in [4.69, 9.17) is 4.42 Å². The first-order valence-corrected chi connectivity index (χ1v) is 12.4. The molecule has 37 heavy (non-hydrogen) atoms. The maximum Gasteiger partial charge on any atom is 0.197 e. The summed E-state index contributed by atoms with van der Waals surface area (Å²) in [4.78, 5) is 28.9. The van der Waals surface area contributed by atoms with Crippen molar-refractivity contribution < 1.29 is 14.0 Å². The minimum atomic E-state index is -0.404. The number of furan rings is 1. The molecule has 0 unspecified atom stereocenters. The molecule has 1 aliphatic heterocycles. The highest BCUT2D eigenvalue weighted by Gasteiger charge is 2.41. The zero-order chi connectivity index (χ0) is 25.3. The number of nitrogens with zero attached hydrogens (tertiary/aromatic N) is 1. The number of benzene rings is 4. The first-order valence-electron chi connectivity index (χ1n) is 12.4. The summed E-state index contributed by atoms with van der Waals surface area (Å²) in [7, 11) is 0. The summed E-state index contributed by atoms with van der Waals surface area (Å²) in [6, 6.07) is 31.8. The van der Waals surface area contributed by atoms with Crippen LogP contribution in [-0.2, 0) is 5.41 Å². The summed E-state index contributed by atoms with van der Waals surface area (Å²) in [5.74, 6) is 0.758. The van der Waals surface area contributed by atoms with Crippen molar-refractivity contribution in [3.63, 3.8) is 0 Å². The van der Waals surface area contributed by atoms with Gasteiger partial charge in [-0.2, -0.15) is 0 Å². The number of ketones is 2. The van der Waals surface area contributed by atoms with Crippen LogP contribution in [-0.4, -0.2) is 11.6 Å². The Morgan fingerprint density at radius 1 is 0.703 bits per heavy atom. The number of carbonyl (C=O) groups excluding carboxylic acids is 2. The molecule has 0 spiro atoms. The highest BCUT2D eigenvalue weighted by Crippen LogP contribution is 2.53. The van der Waals surface area contributed by atoms with Crippen molar-refractivity contribution in [2.24, 2.45) is 0 Å². The third-order valence-corrected chi connectivity index (χ3v) is 7.52. The SMILES string of the molecule is CC1(C)c2ccccc2N(c2ccccc2)c2cc(C=C3C(=O)c4cc5ccccc5cc4C3=O)oc21. The predicted octanol–water partition coefficient (Wildman–Crippen LogP) is 8.00. The Morgan fingerprint density at radius 2 is 1.30 bits per heavy atom. The molecule has 178 valence electrons. The van der Waals surface area contributed by atoms with Gasteiger partial charge in [0.05, 0.1) is 22.4 Å². The smallest absolute Gasteiger partial charge is 0.197 e. The lowest BCUT2D eigenvalue weighted by atomic mass is 9.77. The van der Waals surface area contributed by atoms with Crippen molar-refractivity contribution in [2.45, 2.75) is 19.3 Å². The Bertz CT molecular complexity index is 1730. The standard InChI is InChI=1S/C33H23NO3/c1-33(2)27-14-8-9-15-28(27)34(22-12-4-3-5-13-22)29-19-23(37-32(29)33)18-26-30(35)24-16-20-10-6-7-11-21(20)17-25(24)31(26)36/h3-19H,1-2H3. The molecule has 0 fully saturated rings.